The molecule has 0 spiro atoms. The summed E-state index contributed by atoms with van der Waals surface area (Å²) in [6.07, 6.45) is 4.80. The number of carbonyl (C=O) groups excluding carboxylic acids is 3. The summed E-state index contributed by atoms with van der Waals surface area (Å²) in [5, 5.41) is 10.7. The molecule has 5 rings (SSSR count). The van der Waals surface area contributed by atoms with E-state index in [2.05, 4.69) is 20.9 Å². The summed E-state index contributed by atoms with van der Waals surface area (Å²) in [6, 6.07) is 33.2. The zero-order valence-electron chi connectivity index (χ0n) is 21.9. The first-order valence-corrected chi connectivity index (χ1v) is 13.8. The van der Waals surface area contributed by atoms with Crippen molar-refractivity contribution in [3.8, 4) is 0 Å². The molecule has 3 N–H and O–H groups in total. The van der Waals surface area contributed by atoms with Gasteiger partial charge in [0.05, 0.1) is 5.75 Å². The van der Waals surface area contributed by atoms with Gasteiger partial charge in [-0.25, -0.2) is 0 Å². The van der Waals surface area contributed by atoms with Gasteiger partial charge < -0.3 is 16.0 Å². The van der Waals surface area contributed by atoms with Gasteiger partial charge in [0.15, 0.2) is 0 Å². The van der Waals surface area contributed by atoms with E-state index in [1.807, 2.05) is 60.7 Å². The molecular formula is C33H26N4O3S. The Labute approximate surface area is 241 Å². The van der Waals surface area contributed by atoms with E-state index < -0.39 is 11.8 Å². The van der Waals surface area contributed by atoms with Gasteiger partial charge in [0.25, 0.3) is 11.8 Å². The molecule has 0 saturated carbocycles. The van der Waals surface area contributed by atoms with Crippen molar-refractivity contribution in [1.82, 2.24) is 10.3 Å². The quantitative estimate of drug-likeness (QED) is 0.144. The van der Waals surface area contributed by atoms with Gasteiger partial charge in [-0.3, -0.25) is 19.4 Å². The number of hydrogen-bond donors (Lipinski definition) is 3. The number of carbonyl (C=O) groups is 3. The fourth-order valence-corrected chi connectivity index (χ4v) is 4.71. The van der Waals surface area contributed by atoms with Crippen molar-refractivity contribution in [1.29, 1.82) is 0 Å². The van der Waals surface area contributed by atoms with Crippen LogP contribution in [-0.2, 0) is 9.59 Å². The normalized spacial score (nSPS) is 11.1. The van der Waals surface area contributed by atoms with Crippen molar-refractivity contribution in [2.75, 3.05) is 16.4 Å². The van der Waals surface area contributed by atoms with Crippen LogP contribution in [-0.4, -0.2) is 28.5 Å². The molecule has 0 unspecified atom stereocenters. The number of benzene rings is 4. The maximum absolute atomic E-state index is 13.2. The predicted molar refractivity (Wildman–Crippen MR) is 164 cm³/mol. The van der Waals surface area contributed by atoms with Crippen LogP contribution in [0.2, 0.25) is 0 Å². The first-order valence-electron chi connectivity index (χ1n) is 12.8. The van der Waals surface area contributed by atoms with Gasteiger partial charge >= 0.3 is 0 Å². The van der Waals surface area contributed by atoms with Crippen LogP contribution in [0, 0.1) is 0 Å². The van der Waals surface area contributed by atoms with Gasteiger partial charge in [-0.15, -0.1) is 11.8 Å². The molecule has 0 atom stereocenters. The van der Waals surface area contributed by atoms with Crippen molar-refractivity contribution in [3.05, 3.63) is 138 Å². The molecule has 1 aromatic heterocycles. The van der Waals surface area contributed by atoms with E-state index in [0.717, 1.165) is 21.4 Å². The zero-order valence-corrected chi connectivity index (χ0v) is 22.7. The second-order valence-corrected chi connectivity index (χ2v) is 10.1. The number of amides is 3. The molecule has 8 heteroatoms. The monoisotopic (exact) mass is 558 g/mol. The molecule has 202 valence electrons. The van der Waals surface area contributed by atoms with E-state index in [1.54, 1.807) is 67.0 Å². The molecule has 1 heterocycles. The molecule has 0 aliphatic heterocycles. The number of nitrogens with zero attached hydrogens (tertiary/aromatic N) is 1. The van der Waals surface area contributed by atoms with Crippen molar-refractivity contribution >= 4 is 57.7 Å². The van der Waals surface area contributed by atoms with Crippen LogP contribution in [0.15, 0.2) is 132 Å². The summed E-state index contributed by atoms with van der Waals surface area (Å²) in [5.41, 5.74) is 2.48. The first kappa shape index (κ1) is 27.4. The molecule has 7 nitrogen and oxygen atoms in total. The van der Waals surface area contributed by atoms with Gasteiger partial charge in [0, 0.05) is 34.2 Å². The summed E-state index contributed by atoms with van der Waals surface area (Å²) < 4.78 is 0. The number of pyridine rings is 1. The largest absolute Gasteiger partial charge is 0.325 e. The smallest absolute Gasteiger partial charge is 0.272 e. The first-order chi connectivity index (χ1) is 20.0. The highest BCUT2D eigenvalue weighted by atomic mass is 32.2. The number of thioether (sulfide) groups is 1. The Hall–Kier alpha value is -5.21. The number of aromatic nitrogens is 1. The average Bonchev–Trinajstić information content (AvgIpc) is 3.01. The maximum Gasteiger partial charge on any atom is 0.272 e. The second-order valence-electron chi connectivity index (χ2n) is 9.04. The summed E-state index contributed by atoms with van der Waals surface area (Å²) in [5.74, 6) is -0.748. The number of hydrogen-bond acceptors (Lipinski definition) is 5. The molecule has 0 aliphatic rings. The zero-order chi connectivity index (χ0) is 28.4. The highest BCUT2D eigenvalue weighted by molar-refractivity contribution is 8.00. The van der Waals surface area contributed by atoms with Crippen LogP contribution in [0.5, 0.6) is 0 Å². The summed E-state index contributed by atoms with van der Waals surface area (Å²) in [6.45, 7) is 0. The standard InChI is InChI=1S/C33H26N4O3S/c38-31(35-28-13-12-24-8-4-5-11-26(24)20-28)22-41-29-16-14-27(15-17-29)36-33(40)30(19-23-7-6-18-34-21-23)37-32(39)25-9-2-1-3-10-25/h1-21H,22H2,(H,35,38)(H,36,40)(H,37,39)/b30-19-. The Kier molecular flexibility index (Phi) is 8.83. The Balaban J connectivity index is 1.19. The van der Waals surface area contributed by atoms with Crippen LogP contribution < -0.4 is 16.0 Å². The van der Waals surface area contributed by atoms with Gasteiger partial charge in [-0.1, -0.05) is 54.6 Å². The van der Waals surface area contributed by atoms with E-state index in [1.165, 1.54) is 11.8 Å². The van der Waals surface area contributed by atoms with E-state index in [9.17, 15) is 14.4 Å². The van der Waals surface area contributed by atoms with Gasteiger partial charge in [0.1, 0.15) is 5.70 Å². The Bertz CT molecular complexity index is 1710. The third-order valence-corrected chi connectivity index (χ3v) is 7.05. The van der Waals surface area contributed by atoms with E-state index >= 15 is 0 Å². The highest BCUT2D eigenvalue weighted by Crippen LogP contribution is 2.22. The minimum Gasteiger partial charge on any atom is -0.325 e. The van der Waals surface area contributed by atoms with Crippen molar-refractivity contribution in [3.63, 3.8) is 0 Å². The fraction of sp³-hybridized carbons (Fsp3) is 0.0303. The van der Waals surface area contributed by atoms with Gasteiger partial charge in [0.2, 0.25) is 5.91 Å². The lowest BCUT2D eigenvalue weighted by Crippen LogP contribution is -2.30. The lowest BCUT2D eigenvalue weighted by molar-refractivity contribution is -0.114. The van der Waals surface area contributed by atoms with Crippen LogP contribution in [0.1, 0.15) is 15.9 Å². The van der Waals surface area contributed by atoms with Gasteiger partial charge in [-0.05, 0) is 77.0 Å². The fourth-order valence-electron chi connectivity index (χ4n) is 4.02. The van der Waals surface area contributed by atoms with Crippen molar-refractivity contribution in [2.45, 2.75) is 4.90 Å². The Morgan fingerprint density at radius 3 is 2.22 bits per heavy atom. The second kappa shape index (κ2) is 13.2. The average molecular weight is 559 g/mol. The lowest BCUT2D eigenvalue weighted by atomic mass is 10.1. The van der Waals surface area contributed by atoms with E-state index in [4.69, 9.17) is 0 Å². The summed E-state index contributed by atoms with van der Waals surface area (Å²) >= 11 is 1.39. The van der Waals surface area contributed by atoms with Crippen molar-refractivity contribution < 1.29 is 14.4 Å². The topological polar surface area (TPSA) is 100 Å². The van der Waals surface area contributed by atoms with Crippen molar-refractivity contribution in [2.24, 2.45) is 0 Å². The van der Waals surface area contributed by atoms with E-state index in [-0.39, 0.29) is 17.4 Å². The van der Waals surface area contributed by atoms with E-state index in [0.29, 0.717) is 16.8 Å². The Morgan fingerprint density at radius 2 is 1.46 bits per heavy atom. The SMILES string of the molecule is O=C(CSc1ccc(NC(=O)/C(=C/c2cccnc2)NC(=O)c2ccccc2)cc1)Nc1ccc2ccccc2c1. The molecule has 4 aromatic carbocycles. The minimum absolute atomic E-state index is 0.0793. The molecule has 0 saturated heterocycles. The molecule has 0 radical (unpaired) electrons. The molecule has 5 aromatic rings. The van der Waals surface area contributed by atoms with Crippen LogP contribution in [0.3, 0.4) is 0 Å². The summed E-state index contributed by atoms with van der Waals surface area (Å²) in [4.78, 5) is 43.4. The molecule has 0 aliphatic carbocycles. The summed E-state index contributed by atoms with van der Waals surface area (Å²) in [7, 11) is 0. The number of rotatable bonds is 9. The molecule has 41 heavy (non-hydrogen) atoms. The molecule has 0 bridgehead atoms. The Morgan fingerprint density at radius 1 is 0.732 bits per heavy atom. The van der Waals surface area contributed by atoms with Crippen LogP contribution in [0.4, 0.5) is 11.4 Å². The minimum atomic E-state index is -0.478. The van der Waals surface area contributed by atoms with Gasteiger partial charge in [-0.2, -0.15) is 0 Å². The third-order valence-electron chi connectivity index (χ3n) is 6.04. The lowest BCUT2D eigenvalue weighted by Gasteiger charge is -2.12. The third kappa shape index (κ3) is 7.68. The predicted octanol–water partition coefficient (Wildman–Crippen LogP) is 6.38. The molecule has 3 amide bonds. The number of nitrogens with one attached hydrogen (secondary N) is 3. The number of fused-ring (bicyclic) bond motifs is 1. The molecular weight excluding hydrogens is 532 g/mol. The van der Waals surface area contributed by atoms with Crippen LogP contribution >= 0.6 is 11.8 Å². The number of anilines is 2. The highest BCUT2D eigenvalue weighted by Gasteiger charge is 2.15. The molecule has 0 fully saturated rings. The maximum atomic E-state index is 13.2. The van der Waals surface area contributed by atoms with Crippen LogP contribution in [0.25, 0.3) is 16.8 Å².